The maximum atomic E-state index is 3.26. The van der Waals surface area contributed by atoms with Crippen LogP contribution in [0.25, 0.3) is 0 Å². The summed E-state index contributed by atoms with van der Waals surface area (Å²) in [5.41, 5.74) is 0. The average Bonchev–Trinajstić information content (AvgIpc) is 2.18. The SMILES string of the molecule is [C]1=CC=CCCCCCC=CCC1. The second kappa shape index (κ2) is 7.85. The summed E-state index contributed by atoms with van der Waals surface area (Å²) in [4.78, 5) is 0. The van der Waals surface area contributed by atoms with Gasteiger partial charge in [0.05, 0.1) is 0 Å². The molecule has 0 amide bonds. The van der Waals surface area contributed by atoms with E-state index in [0.29, 0.717) is 0 Å². The Labute approximate surface area is 82.0 Å². The molecule has 13 heavy (non-hydrogen) atoms. The highest BCUT2D eigenvalue weighted by Gasteiger charge is 1.86. The van der Waals surface area contributed by atoms with Crippen LogP contribution in [0.1, 0.15) is 44.9 Å². The minimum atomic E-state index is 1.06. The third kappa shape index (κ3) is 6.39. The van der Waals surface area contributed by atoms with Gasteiger partial charge in [-0.3, -0.25) is 0 Å². The number of rotatable bonds is 0. The molecule has 0 heteroatoms. The predicted molar refractivity (Wildman–Crippen MR) is 58.4 cm³/mol. The van der Waals surface area contributed by atoms with Crippen molar-refractivity contribution >= 4 is 0 Å². The van der Waals surface area contributed by atoms with Gasteiger partial charge in [0, 0.05) is 0 Å². The first kappa shape index (κ1) is 10.3. The highest BCUT2D eigenvalue weighted by Crippen LogP contribution is 2.06. The van der Waals surface area contributed by atoms with Gasteiger partial charge in [0.2, 0.25) is 0 Å². The van der Waals surface area contributed by atoms with Crippen LogP contribution in [0.5, 0.6) is 0 Å². The summed E-state index contributed by atoms with van der Waals surface area (Å²) in [6, 6.07) is 0. The Balaban J connectivity index is 2.28. The van der Waals surface area contributed by atoms with Crippen LogP contribution in [0.3, 0.4) is 0 Å². The molecule has 0 aromatic rings. The van der Waals surface area contributed by atoms with Crippen molar-refractivity contribution in [1.29, 1.82) is 0 Å². The zero-order valence-electron chi connectivity index (χ0n) is 8.34. The Bertz CT molecular complexity index is 184. The summed E-state index contributed by atoms with van der Waals surface area (Å²) in [7, 11) is 0. The van der Waals surface area contributed by atoms with Crippen molar-refractivity contribution in [1.82, 2.24) is 0 Å². The molecule has 0 saturated carbocycles. The van der Waals surface area contributed by atoms with Gasteiger partial charge in [0.25, 0.3) is 0 Å². The lowest BCUT2D eigenvalue weighted by molar-refractivity contribution is 0.695. The molecule has 0 unspecified atom stereocenters. The van der Waals surface area contributed by atoms with E-state index < -0.39 is 0 Å². The Morgan fingerprint density at radius 2 is 1.54 bits per heavy atom. The van der Waals surface area contributed by atoms with Gasteiger partial charge < -0.3 is 0 Å². The van der Waals surface area contributed by atoms with Gasteiger partial charge in [0.1, 0.15) is 0 Å². The average molecular weight is 175 g/mol. The lowest BCUT2D eigenvalue weighted by Gasteiger charge is -1.94. The van der Waals surface area contributed by atoms with Crippen LogP contribution in [0.2, 0.25) is 0 Å². The van der Waals surface area contributed by atoms with Crippen LogP contribution in [0.15, 0.2) is 30.4 Å². The third-order valence-corrected chi connectivity index (χ3v) is 2.21. The molecular formula is C13H19. The fraction of sp³-hybridized carbons (Fsp3) is 0.538. The first-order chi connectivity index (χ1) is 6.50. The van der Waals surface area contributed by atoms with Crippen molar-refractivity contribution in [3.05, 3.63) is 36.5 Å². The van der Waals surface area contributed by atoms with Crippen LogP contribution in [0.4, 0.5) is 0 Å². The molecule has 0 aromatic carbocycles. The monoisotopic (exact) mass is 175 g/mol. The van der Waals surface area contributed by atoms with E-state index in [1.165, 1.54) is 32.1 Å². The molecule has 0 spiro atoms. The Kier molecular flexibility index (Phi) is 6.22. The minimum absolute atomic E-state index is 1.06. The highest BCUT2D eigenvalue weighted by molar-refractivity contribution is 4.99. The molecule has 0 aromatic heterocycles. The fourth-order valence-corrected chi connectivity index (χ4v) is 1.42. The van der Waals surface area contributed by atoms with Crippen LogP contribution in [0, 0.1) is 6.08 Å². The zero-order chi connectivity index (χ0) is 9.19. The van der Waals surface area contributed by atoms with Gasteiger partial charge in [-0.05, 0) is 44.6 Å². The Morgan fingerprint density at radius 3 is 2.46 bits per heavy atom. The first-order valence-corrected chi connectivity index (χ1v) is 5.37. The molecule has 0 saturated heterocycles. The van der Waals surface area contributed by atoms with Crippen LogP contribution in [-0.4, -0.2) is 0 Å². The maximum absolute atomic E-state index is 3.26. The normalized spacial score (nSPS) is 20.3. The maximum Gasteiger partial charge on any atom is -0.0241 e. The third-order valence-electron chi connectivity index (χ3n) is 2.21. The quantitative estimate of drug-likeness (QED) is 0.484. The molecule has 1 radical (unpaired) electrons. The molecule has 0 N–H and O–H groups in total. The van der Waals surface area contributed by atoms with Crippen LogP contribution < -0.4 is 0 Å². The molecule has 0 bridgehead atoms. The van der Waals surface area contributed by atoms with Crippen molar-refractivity contribution < 1.29 is 0 Å². The van der Waals surface area contributed by atoms with E-state index >= 15 is 0 Å². The van der Waals surface area contributed by atoms with Gasteiger partial charge >= 0.3 is 0 Å². The van der Waals surface area contributed by atoms with Gasteiger partial charge in [-0.15, -0.1) is 0 Å². The molecular weight excluding hydrogens is 156 g/mol. The molecule has 1 rings (SSSR count). The first-order valence-electron chi connectivity index (χ1n) is 5.37. The summed E-state index contributed by atoms with van der Waals surface area (Å²) in [6.45, 7) is 0. The lowest BCUT2D eigenvalue weighted by Crippen LogP contribution is -1.74. The molecule has 0 nitrogen and oxygen atoms in total. The van der Waals surface area contributed by atoms with E-state index in [0.717, 1.165) is 12.8 Å². The number of hydrogen-bond donors (Lipinski definition) is 0. The van der Waals surface area contributed by atoms with Crippen molar-refractivity contribution in [2.24, 2.45) is 0 Å². The molecule has 0 heterocycles. The van der Waals surface area contributed by atoms with Gasteiger partial charge in [-0.1, -0.05) is 36.8 Å². The summed E-state index contributed by atoms with van der Waals surface area (Å²) in [6.07, 6.45) is 23.0. The molecule has 1 aliphatic rings. The van der Waals surface area contributed by atoms with E-state index in [4.69, 9.17) is 0 Å². The highest BCUT2D eigenvalue weighted by atomic mass is 13.9. The summed E-state index contributed by atoms with van der Waals surface area (Å²) >= 11 is 0. The van der Waals surface area contributed by atoms with E-state index in [1.54, 1.807) is 0 Å². The van der Waals surface area contributed by atoms with Crippen molar-refractivity contribution in [3.8, 4) is 0 Å². The van der Waals surface area contributed by atoms with E-state index in [1.807, 2.05) is 6.08 Å². The largest absolute Gasteiger partial charge is 0.0885 e. The van der Waals surface area contributed by atoms with Crippen LogP contribution >= 0.6 is 0 Å². The van der Waals surface area contributed by atoms with Crippen LogP contribution in [-0.2, 0) is 0 Å². The fourth-order valence-electron chi connectivity index (χ4n) is 1.42. The number of allylic oxidation sites excluding steroid dienone is 6. The second-order valence-electron chi connectivity index (χ2n) is 3.45. The number of hydrogen-bond acceptors (Lipinski definition) is 0. The van der Waals surface area contributed by atoms with E-state index in [2.05, 4.69) is 30.4 Å². The molecule has 71 valence electrons. The molecule has 0 fully saturated rings. The van der Waals surface area contributed by atoms with E-state index in [9.17, 15) is 0 Å². The van der Waals surface area contributed by atoms with Gasteiger partial charge in [-0.25, -0.2) is 0 Å². The summed E-state index contributed by atoms with van der Waals surface area (Å²) < 4.78 is 0. The zero-order valence-corrected chi connectivity index (χ0v) is 8.34. The summed E-state index contributed by atoms with van der Waals surface area (Å²) in [5, 5.41) is 0. The lowest BCUT2D eigenvalue weighted by atomic mass is 10.1. The van der Waals surface area contributed by atoms with E-state index in [-0.39, 0.29) is 0 Å². The smallest absolute Gasteiger partial charge is 0.0241 e. The van der Waals surface area contributed by atoms with Gasteiger partial charge in [0.15, 0.2) is 0 Å². The minimum Gasteiger partial charge on any atom is -0.0885 e. The van der Waals surface area contributed by atoms with Crippen molar-refractivity contribution in [3.63, 3.8) is 0 Å². The molecule has 0 atom stereocenters. The Hall–Kier alpha value is -0.780. The molecule has 0 aliphatic heterocycles. The summed E-state index contributed by atoms with van der Waals surface area (Å²) in [5.74, 6) is 0. The van der Waals surface area contributed by atoms with Crippen molar-refractivity contribution in [2.45, 2.75) is 44.9 Å². The molecule has 1 aliphatic carbocycles. The topological polar surface area (TPSA) is 0 Å². The van der Waals surface area contributed by atoms with Crippen molar-refractivity contribution in [2.75, 3.05) is 0 Å². The Morgan fingerprint density at radius 1 is 0.769 bits per heavy atom. The standard InChI is InChI=1S/C13H19/c1-2-4-6-8-10-12-13-11-9-7-5-3-1/h1-3,11,13H,4,6-10,12H2. The predicted octanol–water partition coefficient (Wildman–Crippen LogP) is 4.20. The van der Waals surface area contributed by atoms with Gasteiger partial charge in [-0.2, -0.15) is 0 Å². The second-order valence-corrected chi connectivity index (χ2v) is 3.45.